The molecule has 0 aliphatic carbocycles. The average molecular weight is 325 g/mol. The molecule has 1 N–H and O–H groups in total. The highest BCUT2D eigenvalue weighted by atomic mass is 19.1. The van der Waals surface area contributed by atoms with Crippen molar-refractivity contribution in [3.05, 3.63) is 65.1 Å². The molecule has 124 valence electrons. The summed E-state index contributed by atoms with van der Waals surface area (Å²) < 4.78 is 13.1. The van der Waals surface area contributed by atoms with Crippen molar-refractivity contribution < 1.29 is 9.18 Å². The van der Waals surface area contributed by atoms with E-state index >= 15 is 0 Å². The van der Waals surface area contributed by atoms with Crippen LogP contribution in [0.3, 0.4) is 0 Å². The smallest absolute Gasteiger partial charge is 0.275 e. The Morgan fingerprint density at radius 1 is 1.25 bits per heavy atom. The first kappa shape index (κ1) is 16.2. The fraction of sp³-hybridized carbons (Fsp3) is 0.263. The molecule has 1 unspecified atom stereocenters. The van der Waals surface area contributed by atoms with Gasteiger partial charge in [-0.15, -0.1) is 0 Å². The number of nitrogens with one attached hydrogen (secondary N) is 1. The van der Waals surface area contributed by atoms with Crippen molar-refractivity contribution in [1.82, 2.24) is 15.1 Å². The number of amides is 1. The van der Waals surface area contributed by atoms with Gasteiger partial charge in [0.25, 0.3) is 5.91 Å². The highest BCUT2D eigenvalue weighted by Gasteiger charge is 2.25. The Balaban J connectivity index is 1.96. The lowest BCUT2D eigenvalue weighted by molar-refractivity contribution is 0.0698. The minimum absolute atomic E-state index is 0.133. The van der Waals surface area contributed by atoms with E-state index in [1.807, 2.05) is 39.0 Å². The van der Waals surface area contributed by atoms with Crippen LogP contribution in [0.1, 0.15) is 41.5 Å². The van der Waals surface area contributed by atoms with Crippen molar-refractivity contribution in [3.63, 3.8) is 0 Å². The molecule has 1 amide bonds. The summed E-state index contributed by atoms with van der Waals surface area (Å²) >= 11 is 0. The van der Waals surface area contributed by atoms with Crippen LogP contribution >= 0.6 is 0 Å². The number of aryl methyl sites for hydroxylation is 1. The Bertz CT molecular complexity index is 870. The Morgan fingerprint density at radius 2 is 1.96 bits per heavy atom. The zero-order chi connectivity index (χ0) is 17.3. The number of aromatic amines is 1. The van der Waals surface area contributed by atoms with E-state index in [4.69, 9.17) is 0 Å². The summed E-state index contributed by atoms with van der Waals surface area (Å²) in [7, 11) is 0. The first-order valence-corrected chi connectivity index (χ1v) is 8.02. The van der Waals surface area contributed by atoms with Gasteiger partial charge < -0.3 is 4.90 Å². The Kier molecular flexibility index (Phi) is 4.34. The second-order valence-electron chi connectivity index (χ2n) is 5.94. The SMILES string of the molecule is CCN(C(=O)c1n[nH]c2ccc(C)cc12)C(C)c1ccc(F)cc1. The normalized spacial score (nSPS) is 12.3. The van der Waals surface area contributed by atoms with Gasteiger partial charge in [-0.2, -0.15) is 5.10 Å². The molecule has 1 aromatic heterocycles. The number of hydrogen-bond acceptors (Lipinski definition) is 2. The first-order chi connectivity index (χ1) is 11.5. The number of aromatic nitrogens is 2. The molecule has 0 aliphatic heterocycles. The standard InChI is InChI=1S/C19H20FN3O/c1-4-23(13(3)14-6-8-15(20)9-7-14)19(24)18-16-11-12(2)5-10-17(16)21-22-18/h5-11,13H,4H2,1-3H3,(H,21,22). The second-order valence-corrected chi connectivity index (χ2v) is 5.94. The second kappa shape index (κ2) is 6.43. The third-order valence-electron chi connectivity index (χ3n) is 4.34. The van der Waals surface area contributed by atoms with Gasteiger partial charge in [-0.25, -0.2) is 4.39 Å². The number of H-pyrrole nitrogens is 1. The van der Waals surface area contributed by atoms with Gasteiger partial charge in [-0.1, -0.05) is 23.8 Å². The first-order valence-electron chi connectivity index (χ1n) is 8.02. The minimum atomic E-state index is -0.283. The molecule has 0 spiro atoms. The summed E-state index contributed by atoms with van der Waals surface area (Å²) in [6.07, 6.45) is 0. The van der Waals surface area contributed by atoms with Crippen molar-refractivity contribution in [3.8, 4) is 0 Å². The third-order valence-corrected chi connectivity index (χ3v) is 4.34. The average Bonchev–Trinajstić information content (AvgIpc) is 2.98. The maximum atomic E-state index is 13.1. The highest BCUT2D eigenvalue weighted by molar-refractivity contribution is 6.04. The molecule has 0 aliphatic rings. The number of carbonyl (C=O) groups is 1. The van der Waals surface area contributed by atoms with E-state index in [9.17, 15) is 9.18 Å². The quantitative estimate of drug-likeness (QED) is 0.780. The van der Waals surface area contributed by atoms with E-state index in [1.165, 1.54) is 12.1 Å². The molecule has 2 aromatic carbocycles. The van der Waals surface area contributed by atoms with Gasteiger partial charge in [0.2, 0.25) is 0 Å². The van der Waals surface area contributed by atoms with Crippen LogP contribution in [0.2, 0.25) is 0 Å². The minimum Gasteiger partial charge on any atom is -0.331 e. The topological polar surface area (TPSA) is 49.0 Å². The number of hydrogen-bond donors (Lipinski definition) is 1. The van der Waals surface area contributed by atoms with Crippen LogP contribution in [0.25, 0.3) is 10.9 Å². The Labute approximate surface area is 140 Å². The summed E-state index contributed by atoms with van der Waals surface area (Å²) in [5, 5.41) is 7.96. The van der Waals surface area contributed by atoms with Crippen LogP contribution in [0.15, 0.2) is 42.5 Å². The maximum absolute atomic E-state index is 13.1. The molecule has 1 atom stereocenters. The molecular formula is C19H20FN3O. The lowest BCUT2D eigenvalue weighted by Gasteiger charge is -2.28. The summed E-state index contributed by atoms with van der Waals surface area (Å²) in [4.78, 5) is 14.8. The van der Waals surface area contributed by atoms with Crippen molar-refractivity contribution in [2.24, 2.45) is 0 Å². The molecule has 4 nitrogen and oxygen atoms in total. The van der Waals surface area contributed by atoms with Crippen LogP contribution in [-0.2, 0) is 0 Å². The van der Waals surface area contributed by atoms with Gasteiger partial charge in [-0.05, 0) is 50.6 Å². The number of benzene rings is 2. The lowest BCUT2D eigenvalue weighted by Crippen LogP contribution is -2.33. The molecule has 24 heavy (non-hydrogen) atoms. The van der Waals surface area contributed by atoms with E-state index < -0.39 is 0 Å². The molecule has 0 saturated heterocycles. The van der Waals surface area contributed by atoms with Crippen molar-refractivity contribution in [2.45, 2.75) is 26.8 Å². The predicted molar refractivity (Wildman–Crippen MR) is 92.4 cm³/mol. The van der Waals surface area contributed by atoms with E-state index in [0.29, 0.717) is 12.2 Å². The number of rotatable bonds is 4. The van der Waals surface area contributed by atoms with Crippen LogP contribution in [0.5, 0.6) is 0 Å². The van der Waals surface area contributed by atoms with Crippen molar-refractivity contribution >= 4 is 16.8 Å². The van der Waals surface area contributed by atoms with Gasteiger partial charge >= 0.3 is 0 Å². The summed E-state index contributed by atoms with van der Waals surface area (Å²) in [5.74, 6) is -0.416. The number of carbonyl (C=O) groups excluding carboxylic acids is 1. The highest BCUT2D eigenvalue weighted by Crippen LogP contribution is 2.25. The summed E-state index contributed by atoms with van der Waals surface area (Å²) in [5.41, 5.74) is 3.23. The summed E-state index contributed by atoms with van der Waals surface area (Å²) in [6.45, 7) is 6.39. The molecule has 0 bridgehead atoms. The summed E-state index contributed by atoms with van der Waals surface area (Å²) in [6, 6.07) is 11.9. The molecule has 5 heteroatoms. The van der Waals surface area contributed by atoms with E-state index in [0.717, 1.165) is 22.0 Å². The van der Waals surface area contributed by atoms with Gasteiger partial charge in [0, 0.05) is 11.9 Å². The van der Waals surface area contributed by atoms with Crippen molar-refractivity contribution in [2.75, 3.05) is 6.54 Å². The molecule has 3 aromatic rings. The third kappa shape index (κ3) is 2.89. The number of fused-ring (bicyclic) bond motifs is 1. The molecule has 0 radical (unpaired) electrons. The lowest BCUT2D eigenvalue weighted by atomic mass is 10.1. The Morgan fingerprint density at radius 3 is 2.62 bits per heavy atom. The fourth-order valence-electron chi connectivity index (χ4n) is 2.94. The Hall–Kier alpha value is -2.69. The largest absolute Gasteiger partial charge is 0.331 e. The maximum Gasteiger partial charge on any atom is 0.275 e. The molecule has 3 rings (SSSR count). The van der Waals surface area contributed by atoms with Crippen LogP contribution in [0, 0.1) is 12.7 Å². The van der Waals surface area contributed by atoms with Gasteiger partial charge in [0.15, 0.2) is 5.69 Å². The van der Waals surface area contributed by atoms with Gasteiger partial charge in [0.05, 0.1) is 11.6 Å². The van der Waals surface area contributed by atoms with E-state index in [1.54, 1.807) is 17.0 Å². The molecule has 1 heterocycles. The number of halogens is 1. The molecule has 0 fully saturated rings. The van der Waals surface area contributed by atoms with Crippen LogP contribution in [-0.4, -0.2) is 27.5 Å². The zero-order valence-electron chi connectivity index (χ0n) is 14.0. The fourth-order valence-corrected chi connectivity index (χ4v) is 2.94. The molecule has 0 saturated carbocycles. The van der Waals surface area contributed by atoms with E-state index in [2.05, 4.69) is 10.2 Å². The van der Waals surface area contributed by atoms with E-state index in [-0.39, 0.29) is 17.8 Å². The van der Waals surface area contributed by atoms with Crippen LogP contribution < -0.4 is 0 Å². The zero-order valence-corrected chi connectivity index (χ0v) is 14.0. The van der Waals surface area contributed by atoms with Gasteiger partial charge in [-0.3, -0.25) is 9.89 Å². The van der Waals surface area contributed by atoms with Gasteiger partial charge in [0.1, 0.15) is 5.82 Å². The van der Waals surface area contributed by atoms with Crippen molar-refractivity contribution in [1.29, 1.82) is 0 Å². The predicted octanol–water partition coefficient (Wildman–Crippen LogP) is 4.23. The van der Waals surface area contributed by atoms with Crippen LogP contribution in [0.4, 0.5) is 4.39 Å². The number of nitrogens with zero attached hydrogens (tertiary/aromatic N) is 2. The molecular weight excluding hydrogens is 305 g/mol. The monoisotopic (exact) mass is 325 g/mol.